The molecule has 0 bridgehead atoms. The van der Waals surface area contributed by atoms with Crippen LogP contribution in [0, 0.1) is 6.08 Å². The normalized spacial score (nSPS) is 10.8. The lowest BCUT2D eigenvalue weighted by molar-refractivity contribution is 0.233. The highest BCUT2D eigenvalue weighted by Gasteiger charge is 2.17. The zero-order chi connectivity index (χ0) is 13.7. The van der Waals surface area contributed by atoms with Crippen molar-refractivity contribution in [2.45, 2.75) is 39.0 Å². The fourth-order valence-electron chi connectivity index (χ4n) is 1.67. The molecule has 0 radical (unpaired) electrons. The molecule has 0 aliphatic carbocycles. The Labute approximate surface area is 109 Å². The third-order valence-corrected chi connectivity index (χ3v) is 2.66. The van der Waals surface area contributed by atoms with E-state index >= 15 is 0 Å². The quantitative estimate of drug-likeness (QED) is 0.769. The Balaban J connectivity index is 2.02. The van der Waals surface area contributed by atoms with Crippen molar-refractivity contribution in [1.82, 2.24) is 29.5 Å². The molecule has 8 heteroatoms. The summed E-state index contributed by atoms with van der Waals surface area (Å²) in [4.78, 5) is 19.1. The van der Waals surface area contributed by atoms with Crippen molar-refractivity contribution >= 4 is 6.03 Å². The molecule has 0 saturated heterocycles. The van der Waals surface area contributed by atoms with Crippen LogP contribution in [0.25, 0.3) is 0 Å². The number of unbranched alkanes of at least 4 members (excludes halogenated alkanes) is 3. The summed E-state index contributed by atoms with van der Waals surface area (Å²) >= 11 is 0. The lowest BCUT2D eigenvalue weighted by Crippen LogP contribution is -2.22. The highest BCUT2D eigenvalue weighted by atomic mass is 19.1. The summed E-state index contributed by atoms with van der Waals surface area (Å²) in [6.07, 6.45) is 6.20. The van der Waals surface area contributed by atoms with Gasteiger partial charge in [0.1, 0.15) is 12.7 Å². The first-order valence-electron chi connectivity index (χ1n) is 6.23. The number of aromatic nitrogens is 6. The van der Waals surface area contributed by atoms with E-state index in [1.807, 2.05) is 0 Å². The molecule has 2 heterocycles. The summed E-state index contributed by atoms with van der Waals surface area (Å²) in [7, 11) is 0. The Bertz CT molecular complexity index is 535. The second-order valence-corrected chi connectivity index (χ2v) is 4.14. The highest BCUT2D eigenvalue weighted by Crippen LogP contribution is 2.05. The van der Waals surface area contributed by atoms with E-state index in [0.717, 1.165) is 30.4 Å². The van der Waals surface area contributed by atoms with Gasteiger partial charge in [0, 0.05) is 6.42 Å². The van der Waals surface area contributed by atoms with Gasteiger partial charge in [-0.15, -0.1) is 9.78 Å². The lowest BCUT2D eigenvalue weighted by Gasteiger charge is -1.97. The van der Waals surface area contributed by atoms with Gasteiger partial charge in [-0.2, -0.15) is 19.2 Å². The van der Waals surface area contributed by atoms with E-state index in [-0.39, 0.29) is 0 Å². The maximum absolute atomic E-state index is 13.5. The number of carbonyl (C=O) groups excluding carboxylic acids is 1. The van der Waals surface area contributed by atoms with Gasteiger partial charge < -0.3 is 0 Å². The first kappa shape index (κ1) is 13.3. The molecule has 19 heavy (non-hydrogen) atoms. The Morgan fingerprint density at radius 2 is 2.21 bits per heavy atom. The maximum Gasteiger partial charge on any atom is 0.374 e. The van der Waals surface area contributed by atoms with Crippen LogP contribution in [0.15, 0.2) is 12.7 Å². The Kier molecular flexibility index (Phi) is 4.32. The van der Waals surface area contributed by atoms with Gasteiger partial charge >= 0.3 is 12.1 Å². The molecule has 0 amide bonds. The summed E-state index contributed by atoms with van der Waals surface area (Å²) in [5.41, 5.74) is 0. The van der Waals surface area contributed by atoms with Gasteiger partial charge in [0.05, 0.1) is 0 Å². The standard InChI is InChI=1S/C11H15FN6O/c1-2-3-4-5-6-9-15-10(12)18(16-9)11(19)17-8-13-7-14-17/h7-8H,2-6H2,1H3. The van der Waals surface area contributed by atoms with E-state index in [4.69, 9.17) is 0 Å². The number of carbonyl (C=O) groups is 1. The van der Waals surface area contributed by atoms with Crippen LogP contribution in [0.2, 0.25) is 0 Å². The molecule has 0 aromatic carbocycles. The summed E-state index contributed by atoms with van der Waals surface area (Å²) < 4.78 is 15.0. The minimum absolute atomic E-state index is 0.335. The second-order valence-electron chi connectivity index (χ2n) is 4.14. The molecule has 0 fully saturated rings. The van der Waals surface area contributed by atoms with Crippen molar-refractivity contribution in [3.8, 4) is 0 Å². The number of aryl methyl sites for hydroxylation is 1. The molecule has 2 aromatic rings. The van der Waals surface area contributed by atoms with Gasteiger partial charge in [0.25, 0.3) is 0 Å². The average Bonchev–Trinajstić information content (AvgIpc) is 3.03. The van der Waals surface area contributed by atoms with E-state index < -0.39 is 12.1 Å². The predicted molar refractivity (Wildman–Crippen MR) is 64.0 cm³/mol. The van der Waals surface area contributed by atoms with Crippen LogP contribution in [-0.2, 0) is 6.42 Å². The number of rotatable bonds is 5. The Morgan fingerprint density at radius 3 is 2.89 bits per heavy atom. The van der Waals surface area contributed by atoms with Gasteiger partial charge in [-0.05, 0) is 6.42 Å². The second kappa shape index (κ2) is 6.17. The van der Waals surface area contributed by atoms with Gasteiger partial charge in [0.2, 0.25) is 0 Å². The van der Waals surface area contributed by atoms with Gasteiger partial charge in [-0.1, -0.05) is 26.2 Å². The van der Waals surface area contributed by atoms with E-state index in [0.29, 0.717) is 16.9 Å². The zero-order valence-electron chi connectivity index (χ0n) is 10.7. The minimum atomic E-state index is -0.925. The van der Waals surface area contributed by atoms with Crippen molar-refractivity contribution in [3.05, 3.63) is 24.6 Å². The van der Waals surface area contributed by atoms with Crippen LogP contribution in [-0.4, -0.2) is 35.6 Å². The molecule has 7 nitrogen and oxygen atoms in total. The largest absolute Gasteiger partial charge is 0.374 e. The number of hydrogen-bond acceptors (Lipinski definition) is 5. The zero-order valence-corrected chi connectivity index (χ0v) is 10.7. The minimum Gasteiger partial charge on any atom is -0.243 e. The molecule has 2 rings (SSSR count). The van der Waals surface area contributed by atoms with Crippen LogP contribution in [0.5, 0.6) is 0 Å². The van der Waals surface area contributed by atoms with E-state index in [2.05, 4.69) is 27.1 Å². The van der Waals surface area contributed by atoms with Crippen molar-refractivity contribution in [1.29, 1.82) is 0 Å². The van der Waals surface area contributed by atoms with Gasteiger partial charge in [-0.3, -0.25) is 0 Å². The third kappa shape index (κ3) is 3.21. The van der Waals surface area contributed by atoms with Gasteiger partial charge in [-0.25, -0.2) is 9.78 Å². The molecular formula is C11H15FN6O. The molecule has 0 saturated carbocycles. The molecule has 0 spiro atoms. The third-order valence-electron chi connectivity index (χ3n) is 2.66. The fourth-order valence-corrected chi connectivity index (χ4v) is 1.67. The first-order valence-corrected chi connectivity index (χ1v) is 6.23. The SMILES string of the molecule is CCCCCCc1nc(F)n(C(=O)n2cncn2)n1. The topological polar surface area (TPSA) is 78.5 Å². The summed E-state index contributed by atoms with van der Waals surface area (Å²) in [5, 5.41) is 7.49. The number of halogens is 1. The summed E-state index contributed by atoms with van der Waals surface area (Å²) in [6, 6.07) is -0.734. The van der Waals surface area contributed by atoms with Crippen LogP contribution in [0.3, 0.4) is 0 Å². The smallest absolute Gasteiger partial charge is 0.243 e. The van der Waals surface area contributed by atoms with Crippen LogP contribution < -0.4 is 0 Å². The summed E-state index contributed by atoms with van der Waals surface area (Å²) in [5.74, 6) is 0.335. The number of hydrogen-bond donors (Lipinski definition) is 0. The monoisotopic (exact) mass is 266 g/mol. The van der Waals surface area contributed by atoms with E-state index in [9.17, 15) is 9.18 Å². The fraction of sp³-hybridized carbons (Fsp3) is 0.545. The predicted octanol–water partition coefficient (Wildman–Crippen LogP) is 1.65. The van der Waals surface area contributed by atoms with Crippen molar-refractivity contribution in [3.63, 3.8) is 0 Å². The maximum atomic E-state index is 13.5. The average molecular weight is 266 g/mol. The molecular weight excluding hydrogens is 251 g/mol. The number of nitrogens with zero attached hydrogens (tertiary/aromatic N) is 6. The first-order chi connectivity index (χ1) is 9.22. The Morgan fingerprint density at radius 1 is 1.37 bits per heavy atom. The van der Waals surface area contributed by atoms with Gasteiger partial charge in [0.15, 0.2) is 5.82 Å². The van der Waals surface area contributed by atoms with E-state index in [1.165, 1.54) is 12.7 Å². The van der Waals surface area contributed by atoms with Crippen LogP contribution in [0.4, 0.5) is 9.18 Å². The Hall–Kier alpha value is -2.12. The molecule has 102 valence electrons. The molecule has 0 N–H and O–H groups in total. The molecule has 2 aromatic heterocycles. The van der Waals surface area contributed by atoms with E-state index in [1.54, 1.807) is 0 Å². The van der Waals surface area contributed by atoms with Crippen molar-refractivity contribution < 1.29 is 9.18 Å². The lowest BCUT2D eigenvalue weighted by atomic mass is 10.1. The molecule has 0 aliphatic heterocycles. The van der Waals surface area contributed by atoms with Crippen molar-refractivity contribution in [2.24, 2.45) is 0 Å². The van der Waals surface area contributed by atoms with Crippen molar-refractivity contribution in [2.75, 3.05) is 0 Å². The van der Waals surface area contributed by atoms with Crippen LogP contribution >= 0.6 is 0 Å². The molecule has 0 atom stereocenters. The van der Waals surface area contributed by atoms with Crippen LogP contribution in [0.1, 0.15) is 38.4 Å². The highest BCUT2D eigenvalue weighted by molar-refractivity contribution is 5.76. The molecule has 0 aliphatic rings. The summed E-state index contributed by atoms with van der Waals surface area (Å²) in [6.45, 7) is 2.11. The molecule has 0 unspecified atom stereocenters.